The van der Waals surface area contributed by atoms with Gasteiger partial charge in [0.25, 0.3) is 0 Å². The lowest BCUT2D eigenvalue weighted by Gasteiger charge is -2.39. The summed E-state index contributed by atoms with van der Waals surface area (Å²) in [5, 5.41) is 3.03. The Kier molecular flexibility index (Phi) is 4.77. The molecule has 0 spiro atoms. The van der Waals surface area contributed by atoms with Crippen LogP contribution in [-0.2, 0) is 4.79 Å². The second-order valence-corrected chi connectivity index (χ2v) is 9.01. The molecule has 3 heterocycles. The van der Waals surface area contributed by atoms with Crippen LogP contribution in [0.5, 0.6) is 0 Å². The topological polar surface area (TPSA) is 35.6 Å². The molecule has 4 nitrogen and oxygen atoms in total. The number of hydrogen-bond acceptors (Lipinski definition) is 4. The van der Waals surface area contributed by atoms with Crippen molar-refractivity contribution in [2.24, 2.45) is 0 Å². The molecule has 2 atom stereocenters. The van der Waals surface area contributed by atoms with E-state index in [9.17, 15) is 9.18 Å². The standard InChI is InChI=1S/C22H24FN3OS/c23-15-5-7-16(8-6-15)28-12-2-10-25-11-9-20-18(13-25)17-3-1-4-19-22(17)26(20)14-21(27)24-19/h1,3-8,18,20H,2,9-14H2,(H,24,27)/t18-,20-/m0/s1. The van der Waals surface area contributed by atoms with Crippen molar-refractivity contribution >= 4 is 29.0 Å². The molecule has 1 saturated heterocycles. The van der Waals surface area contributed by atoms with E-state index in [0.717, 1.165) is 48.8 Å². The van der Waals surface area contributed by atoms with Gasteiger partial charge in [-0.05, 0) is 61.0 Å². The van der Waals surface area contributed by atoms with Gasteiger partial charge in [0.15, 0.2) is 0 Å². The van der Waals surface area contributed by atoms with Crippen molar-refractivity contribution in [2.45, 2.75) is 29.7 Å². The van der Waals surface area contributed by atoms with Crippen molar-refractivity contribution in [3.8, 4) is 0 Å². The Labute approximate surface area is 169 Å². The molecule has 1 fully saturated rings. The maximum atomic E-state index is 13.0. The van der Waals surface area contributed by atoms with E-state index in [0.29, 0.717) is 18.5 Å². The van der Waals surface area contributed by atoms with E-state index in [1.165, 1.54) is 23.4 Å². The van der Waals surface area contributed by atoms with Gasteiger partial charge in [0.1, 0.15) is 5.82 Å². The Morgan fingerprint density at radius 2 is 2.04 bits per heavy atom. The molecule has 0 aromatic heterocycles. The predicted octanol–water partition coefficient (Wildman–Crippen LogP) is 3.94. The zero-order chi connectivity index (χ0) is 19.1. The van der Waals surface area contributed by atoms with Crippen LogP contribution in [0.15, 0.2) is 47.4 Å². The van der Waals surface area contributed by atoms with Crippen LogP contribution in [-0.4, -0.2) is 48.8 Å². The molecule has 0 aliphatic carbocycles. The van der Waals surface area contributed by atoms with Crippen molar-refractivity contribution in [3.05, 3.63) is 53.8 Å². The Bertz CT molecular complexity index is 888. The van der Waals surface area contributed by atoms with Gasteiger partial charge in [-0.25, -0.2) is 4.39 Å². The van der Waals surface area contributed by atoms with Gasteiger partial charge >= 0.3 is 0 Å². The SMILES string of the molecule is O=C1CN2c3c(cccc3[C@@H]3CN(CCCSc4ccc(F)cc4)CC[C@@H]32)N1. The maximum absolute atomic E-state index is 13.0. The molecule has 146 valence electrons. The van der Waals surface area contributed by atoms with Crippen molar-refractivity contribution < 1.29 is 9.18 Å². The number of piperidine rings is 1. The summed E-state index contributed by atoms with van der Waals surface area (Å²) in [5.74, 6) is 1.45. The van der Waals surface area contributed by atoms with Crippen LogP contribution >= 0.6 is 11.8 Å². The largest absolute Gasteiger partial charge is 0.357 e. The number of carbonyl (C=O) groups is 1. The molecule has 0 unspecified atom stereocenters. The van der Waals surface area contributed by atoms with Crippen LogP contribution in [0, 0.1) is 5.82 Å². The smallest absolute Gasteiger partial charge is 0.243 e. The number of carbonyl (C=O) groups excluding carboxylic acids is 1. The minimum atomic E-state index is -0.179. The lowest BCUT2D eigenvalue weighted by atomic mass is 9.89. The van der Waals surface area contributed by atoms with E-state index in [1.54, 1.807) is 11.8 Å². The summed E-state index contributed by atoms with van der Waals surface area (Å²) in [6.07, 6.45) is 2.23. The number of rotatable bonds is 5. The highest BCUT2D eigenvalue weighted by Crippen LogP contribution is 2.49. The molecule has 3 aliphatic heterocycles. The third kappa shape index (κ3) is 3.29. The van der Waals surface area contributed by atoms with Gasteiger partial charge in [-0.2, -0.15) is 0 Å². The Morgan fingerprint density at radius 3 is 2.89 bits per heavy atom. The fourth-order valence-electron chi connectivity index (χ4n) is 4.89. The molecule has 2 aromatic rings. The lowest BCUT2D eigenvalue weighted by Crippen LogP contribution is -2.49. The number of thioether (sulfide) groups is 1. The Balaban J connectivity index is 1.20. The van der Waals surface area contributed by atoms with Crippen LogP contribution in [0.4, 0.5) is 15.8 Å². The number of hydrogen-bond donors (Lipinski definition) is 1. The number of halogens is 1. The highest BCUT2D eigenvalue weighted by molar-refractivity contribution is 7.99. The molecule has 0 bridgehead atoms. The van der Waals surface area contributed by atoms with Crippen LogP contribution in [0.3, 0.4) is 0 Å². The van der Waals surface area contributed by atoms with Crippen LogP contribution in [0.25, 0.3) is 0 Å². The number of nitrogens with one attached hydrogen (secondary N) is 1. The molecule has 6 heteroatoms. The number of anilines is 2. The first-order valence-electron chi connectivity index (χ1n) is 9.99. The highest BCUT2D eigenvalue weighted by atomic mass is 32.2. The van der Waals surface area contributed by atoms with E-state index >= 15 is 0 Å². The molecule has 1 amide bonds. The van der Waals surface area contributed by atoms with Crippen molar-refractivity contribution in [3.63, 3.8) is 0 Å². The molecule has 2 aromatic carbocycles. The number of benzene rings is 2. The average molecular weight is 398 g/mol. The zero-order valence-electron chi connectivity index (χ0n) is 15.7. The second kappa shape index (κ2) is 7.41. The summed E-state index contributed by atoms with van der Waals surface area (Å²) < 4.78 is 13.0. The minimum Gasteiger partial charge on any atom is -0.357 e. The monoisotopic (exact) mass is 397 g/mol. The summed E-state index contributed by atoms with van der Waals surface area (Å²) in [7, 11) is 0. The van der Waals surface area contributed by atoms with Gasteiger partial charge in [0.2, 0.25) is 5.91 Å². The third-order valence-electron chi connectivity index (χ3n) is 6.10. The molecule has 0 radical (unpaired) electrons. The summed E-state index contributed by atoms with van der Waals surface area (Å²) in [4.78, 5) is 18.1. The summed E-state index contributed by atoms with van der Waals surface area (Å²) >= 11 is 1.79. The fourth-order valence-corrected chi connectivity index (χ4v) is 5.72. The number of para-hydroxylation sites is 1. The van der Waals surface area contributed by atoms with Crippen LogP contribution < -0.4 is 10.2 Å². The number of fused-ring (bicyclic) bond motifs is 3. The molecule has 28 heavy (non-hydrogen) atoms. The quantitative estimate of drug-likeness (QED) is 0.612. The van der Waals surface area contributed by atoms with Gasteiger partial charge in [-0.1, -0.05) is 12.1 Å². The van der Waals surface area contributed by atoms with Gasteiger partial charge in [-0.3, -0.25) is 4.79 Å². The predicted molar refractivity (Wildman–Crippen MR) is 112 cm³/mol. The van der Waals surface area contributed by atoms with E-state index < -0.39 is 0 Å². The highest BCUT2D eigenvalue weighted by Gasteiger charge is 2.44. The molecular weight excluding hydrogens is 373 g/mol. The van der Waals surface area contributed by atoms with E-state index in [2.05, 4.69) is 27.2 Å². The maximum Gasteiger partial charge on any atom is 0.243 e. The average Bonchev–Trinajstić information content (AvgIpc) is 3.01. The second-order valence-electron chi connectivity index (χ2n) is 7.84. The van der Waals surface area contributed by atoms with Gasteiger partial charge in [-0.15, -0.1) is 11.8 Å². The van der Waals surface area contributed by atoms with Crippen molar-refractivity contribution in [2.75, 3.05) is 42.1 Å². The van der Waals surface area contributed by atoms with E-state index in [-0.39, 0.29) is 11.7 Å². The fraction of sp³-hybridized carbons (Fsp3) is 0.409. The number of likely N-dealkylation sites (tertiary alicyclic amines) is 1. The van der Waals surface area contributed by atoms with Crippen molar-refractivity contribution in [1.29, 1.82) is 0 Å². The normalized spacial score (nSPS) is 23.3. The van der Waals surface area contributed by atoms with Crippen molar-refractivity contribution in [1.82, 2.24) is 4.90 Å². The molecule has 0 saturated carbocycles. The van der Waals surface area contributed by atoms with Crippen LogP contribution in [0.1, 0.15) is 24.3 Å². The minimum absolute atomic E-state index is 0.102. The van der Waals surface area contributed by atoms with Gasteiger partial charge in [0.05, 0.1) is 17.9 Å². The molecule has 1 N–H and O–H groups in total. The first kappa shape index (κ1) is 18.0. The lowest BCUT2D eigenvalue weighted by molar-refractivity contribution is -0.115. The molecule has 3 aliphatic rings. The number of nitrogens with zero attached hydrogens (tertiary/aromatic N) is 2. The molecule has 5 rings (SSSR count). The third-order valence-corrected chi connectivity index (χ3v) is 7.20. The number of amides is 1. The summed E-state index contributed by atoms with van der Waals surface area (Å²) in [6, 6.07) is 13.5. The van der Waals surface area contributed by atoms with E-state index in [4.69, 9.17) is 0 Å². The van der Waals surface area contributed by atoms with Gasteiger partial charge < -0.3 is 15.1 Å². The summed E-state index contributed by atoms with van der Waals surface area (Å²) in [6.45, 7) is 3.72. The first-order valence-corrected chi connectivity index (χ1v) is 11.0. The first-order chi connectivity index (χ1) is 13.7. The Hall–Kier alpha value is -2.05. The zero-order valence-corrected chi connectivity index (χ0v) is 16.6. The molecular formula is C22H24FN3OS. The van der Waals surface area contributed by atoms with Gasteiger partial charge in [0, 0.05) is 29.9 Å². The Morgan fingerprint density at radius 1 is 1.18 bits per heavy atom. The summed E-state index contributed by atoms with van der Waals surface area (Å²) in [5.41, 5.74) is 3.63. The van der Waals surface area contributed by atoms with Crippen LogP contribution in [0.2, 0.25) is 0 Å². The van der Waals surface area contributed by atoms with E-state index in [1.807, 2.05) is 18.2 Å².